The third kappa shape index (κ3) is 1.35. The first-order valence-corrected chi connectivity index (χ1v) is 5.83. The Labute approximate surface area is 96.2 Å². The Bertz CT molecular complexity index is 541. The van der Waals surface area contributed by atoms with E-state index in [9.17, 15) is 0 Å². The fourth-order valence-electron chi connectivity index (χ4n) is 2.36. The molecule has 0 amide bonds. The van der Waals surface area contributed by atoms with E-state index in [-0.39, 0.29) is 0 Å². The van der Waals surface area contributed by atoms with Gasteiger partial charge in [0.05, 0.1) is 0 Å². The summed E-state index contributed by atoms with van der Waals surface area (Å²) in [6.07, 6.45) is 3.10. The highest BCUT2D eigenvalue weighted by Crippen LogP contribution is 2.36. The van der Waals surface area contributed by atoms with Gasteiger partial charge in [-0.25, -0.2) is 0 Å². The molecule has 0 unspecified atom stereocenters. The van der Waals surface area contributed by atoms with E-state index < -0.39 is 0 Å². The van der Waals surface area contributed by atoms with Gasteiger partial charge in [0.15, 0.2) is 0 Å². The lowest BCUT2D eigenvalue weighted by Crippen LogP contribution is -1.94. The SMILES string of the molecule is CC(C)c1cc2c(cn1)-c1ccccc1C2. The molecule has 1 aromatic carbocycles. The van der Waals surface area contributed by atoms with Crippen LogP contribution in [-0.4, -0.2) is 4.98 Å². The molecule has 0 saturated heterocycles. The van der Waals surface area contributed by atoms with Gasteiger partial charge in [0.1, 0.15) is 0 Å². The molecule has 0 radical (unpaired) electrons. The molecule has 80 valence electrons. The molecule has 1 heteroatoms. The van der Waals surface area contributed by atoms with Gasteiger partial charge in [0.2, 0.25) is 0 Å². The predicted molar refractivity (Wildman–Crippen MR) is 66.6 cm³/mol. The molecular weight excluding hydrogens is 194 g/mol. The standard InChI is InChI=1S/C15H15N/c1-10(2)15-8-12-7-11-5-3-4-6-13(11)14(12)9-16-15/h3-6,8-10H,7H2,1-2H3. The number of rotatable bonds is 1. The molecule has 0 bridgehead atoms. The molecule has 1 nitrogen and oxygen atoms in total. The highest BCUT2D eigenvalue weighted by atomic mass is 14.7. The first-order valence-electron chi connectivity index (χ1n) is 5.83. The van der Waals surface area contributed by atoms with E-state index in [4.69, 9.17) is 0 Å². The predicted octanol–water partition coefficient (Wildman–Crippen LogP) is 3.78. The lowest BCUT2D eigenvalue weighted by molar-refractivity contribution is 0.820. The first kappa shape index (κ1) is 9.59. The summed E-state index contributed by atoms with van der Waals surface area (Å²) in [5.74, 6) is 0.508. The highest BCUT2D eigenvalue weighted by molar-refractivity contribution is 5.76. The van der Waals surface area contributed by atoms with Crippen molar-refractivity contribution in [3.8, 4) is 11.1 Å². The molecule has 3 rings (SSSR count). The Morgan fingerprint density at radius 1 is 1.06 bits per heavy atom. The quantitative estimate of drug-likeness (QED) is 0.594. The molecule has 0 saturated carbocycles. The summed E-state index contributed by atoms with van der Waals surface area (Å²) < 4.78 is 0. The van der Waals surface area contributed by atoms with Crippen molar-refractivity contribution < 1.29 is 0 Å². The second kappa shape index (κ2) is 3.44. The van der Waals surface area contributed by atoms with Crippen molar-refractivity contribution in [2.75, 3.05) is 0 Å². The Hall–Kier alpha value is -1.63. The Morgan fingerprint density at radius 3 is 2.69 bits per heavy atom. The van der Waals surface area contributed by atoms with Crippen molar-refractivity contribution in [1.29, 1.82) is 0 Å². The molecule has 0 N–H and O–H groups in total. The summed E-state index contributed by atoms with van der Waals surface area (Å²) in [5.41, 5.74) is 6.74. The van der Waals surface area contributed by atoms with Crippen LogP contribution >= 0.6 is 0 Å². The number of pyridine rings is 1. The van der Waals surface area contributed by atoms with E-state index in [0.717, 1.165) is 6.42 Å². The maximum Gasteiger partial charge on any atom is 0.0432 e. The summed E-state index contributed by atoms with van der Waals surface area (Å²) >= 11 is 0. The molecule has 16 heavy (non-hydrogen) atoms. The van der Waals surface area contributed by atoms with Gasteiger partial charge in [-0.2, -0.15) is 0 Å². The van der Waals surface area contributed by atoms with Gasteiger partial charge < -0.3 is 0 Å². The van der Waals surface area contributed by atoms with Crippen LogP contribution < -0.4 is 0 Å². The van der Waals surface area contributed by atoms with Crippen molar-refractivity contribution >= 4 is 0 Å². The van der Waals surface area contributed by atoms with Gasteiger partial charge in [-0.3, -0.25) is 4.98 Å². The lowest BCUT2D eigenvalue weighted by atomic mass is 10.0. The Balaban J connectivity index is 2.14. The number of nitrogens with zero attached hydrogens (tertiary/aromatic N) is 1. The van der Waals surface area contributed by atoms with Crippen LogP contribution in [0, 0.1) is 0 Å². The molecule has 1 aliphatic carbocycles. The topological polar surface area (TPSA) is 12.9 Å². The minimum absolute atomic E-state index is 0.508. The molecule has 2 aromatic rings. The van der Waals surface area contributed by atoms with Crippen LogP contribution in [0.2, 0.25) is 0 Å². The summed E-state index contributed by atoms with van der Waals surface area (Å²) in [5, 5.41) is 0. The van der Waals surface area contributed by atoms with Crippen LogP contribution in [0.5, 0.6) is 0 Å². The fourth-order valence-corrected chi connectivity index (χ4v) is 2.36. The van der Waals surface area contributed by atoms with Gasteiger partial charge >= 0.3 is 0 Å². The zero-order chi connectivity index (χ0) is 11.1. The third-order valence-corrected chi connectivity index (χ3v) is 3.29. The molecule has 1 aliphatic rings. The summed E-state index contributed by atoms with van der Waals surface area (Å²) in [6.45, 7) is 4.38. The minimum Gasteiger partial charge on any atom is -0.260 e. The normalized spacial score (nSPS) is 12.7. The largest absolute Gasteiger partial charge is 0.260 e. The van der Waals surface area contributed by atoms with Crippen LogP contribution in [0.3, 0.4) is 0 Å². The van der Waals surface area contributed by atoms with Gasteiger partial charge in [0, 0.05) is 17.5 Å². The monoisotopic (exact) mass is 209 g/mol. The number of benzene rings is 1. The van der Waals surface area contributed by atoms with Crippen LogP contribution in [-0.2, 0) is 6.42 Å². The van der Waals surface area contributed by atoms with E-state index in [1.54, 1.807) is 0 Å². The zero-order valence-electron chi connectivity index (χ0n) is 9.70. The van der Waals surface area contributed by atoms with E-state index in [0.29, 0.717) is 5.92 Å². The summed E-state index contributed by atoms with van der Waals surface area (Å²) in [6, 6.07) is 10.9. The highest BCUT2D eigenvalue weighted by Gasteiger charge is 2.18. The van der Waals surface area contributed by atoms with Crippen LogP contribution in [0.1, 0.15) is 36.6 Å². The van der Waals surface area contributed by atoms with E-state index >= 15 is 0 Å². The molecule has 1 heterocycles. The van der Waals surface area contributed by atoms with Gasteiger partial charge in [-0.1, -0.05) is 38.1 Å². The average Bonchev–Trinajstić information content (AvgIpc) is 2.66. The molecule has 1 aromatic heterocycles. The average molecular weight is 209 g/mol. The van der Waals surface area contributed by atoms with Crippen molar-refractivity contribution in [1.82, 2.24) is 4.98 Å². The van der Waals surface area contributed by atoms with Crippen molar-refractivity contribution in [2.45, 2.75) is 26.2 Å². The van der Waals surface area contributed by atoms with Crippen LogP contribution in [0.15, 0.2) is 36.5 Å². The Kier molecular flexibility index (Phi) is 2.06. The number of hydrogen-bond acceptors (Lipinski definition) is 1. The second-order valence-corrected chi connectivity index (χ2v) is 4.75. The fraction of sp³-hybridized carbons (Fsp3) is 0.267. The minimum atomic E-state index is 0.508. The van der Waals surface area contributed by atoms with E-state index in [2.05, 4.69) is 49.2 Å². The molecular formula is C15H15N. The smallest absolute Gasteiger partial charge is 0.0432 e. The number of hydrogen-bond donors (Lipinski definition) is 0. The molecule has 0 aliphatic heterocycles. The van der Waals surface area contributed by atoms with Gasteiger partial charge in [0.25, 0.3) is 0 Å². The van der Waals surface area contributed by atoms with Crippen LogP contribution in [0.4, 0.5) is 0 Å². The molecule has 0 spiro atoms. The summed E-state index contributed by atoms with van der Waals surface area (Å²) in [4.78, 5) is 4.55. The third-order valence-electron chi connectivity index (χ3n) is 3.29. The summed E-state index contributed by atoms with van der Waals surface area (Å²) in [7, 11) is 0. The number of aromatic nitrogens is 1. The zero-order valence-corrected chi connectivity index (χ0v) is 9.70. The maximum atomic E-state index is 4.55. The van der Waals surface area contributed by atoms with E-state index in [1.807, 2.05) is 6.20 Å². The van der Waals surface area contributed by atoms with E-state index in [1.165, 1.54) is 27.9 Å². The van der Waals surface area contributed by atoms with Gasteiger partial charge in [-0.15, -0.1) is 0 Å². The van der Waals surface area contributed by atoms with Crippen molar-refractivity contribution in [2.24, 2.45) is 0 Å². The lowest BCUT2D eigenvalue weighted by Gasteiger charge is -2.06. The second-order valence-electron chi connectivity index (χ2n) is 4.75. The molecule has 0 atom stereocenters. The molecule has 0 fully saturated rings. The van der Waals surface area contributed by atoms with Crippen LogP contribution in [0.25, 0.3) is 11.1 Å². The van der Waals surface area contributed by atoms with Crippen molar-refractivity contribution in [3.05, 3.63) is 53.3 Å². The Morgan fingerprint density at radius 2 is 1.88 bits per heavy atom. The van der Waals surface area contributed by atoms with Crippen molar-refractivity contribution in [3.63, 3.8) is 0 Å². The first-order chi connectivity index (χ1) is 7.75. The van der Waals surface area contributed by atoms with Gasteiger partial charge in [-0.05, 0) is 35.1 Å². The maximum absolute atomic E-state index is 4.55. The number of fused-ring (bicyclic) bond motifs is 3.